The number of nitrogens with two attached hydrogens (primary N) is 1. The number of carbonyl (C=O) groups is 1. The zero-order chi connectivity index (χ0) is 18.8. The summed E-state index contributed by atoms with van der Waals surface area (Å²) in [4.78, 5) is 17.1. The smallest absolute Gasteiger partial charge is 0.345 e. The van der Waals surface area contributed by atoms with Crippen molar-refractivity contribution < 1.29 is 9.53 Å². The number of benzene rings is 2. The molecule has 134 valence electrons. The van der Waals surface area contributed by atoms with E-state index >= 15 is 0 Å². The quantitative estimate of drug-likeness (QED) is 0.561. The second-order valence-electron chi connectivity index (χ2n) is 5.97. The maximum Gasteiger partial charge on any atom is 0.345 e. The van der Waals surface area contributed by atoms with Crippen molar-refractivity contribution in [1.82, 2.24) is 14.6 Å². The minimum atomic E-state index is -0.526. The van der Waals surface area contributed by atoms with Crippen LogP contribution in [0.5, 0.6) is 0 Å². The molecule has 0 bridgehead atoms. The molecule has 2 heterocycles. The number of carbonyl (C=O) groups excluding carboxylic acids is 1. The van der Waals surface area contributed by atoms with Gasteiger partial charge in [-0.1, -0.05) is 60.7 Å². The van der Waals surface area contributed by atoms with Gasteiger partial charge in [-0.15, -0.1) is 5.10 Å². The lowest BCUT2D eigenvalue weighted by Crippen LogP contribution is -2.07. The summed E-state index contributed by atoms with van der Waals surface area (Å²) in [6, 6.07) is 21.5. The van der Waals surface area contributed by atoms with Crippen molar-refractivity contribution in [2.75, 3.05) is 12.3 Å². The Hall–Kier alpha value is -3.67. The number of nitrogen functional groups attached to an aromatic ring is 1. The van der Waals surface area contributed by atoms with E-state index in [2.05, 4.69) is 10.1 Å². The van der Waals surface area contributed by atoms with Crippen molar-refractivity contribution in [1.29, 1.82) is 0 Å². The molecule has 0 saturated carbocycles. The normalized spacial score (nSPS) is 10.9. The Labute approximate surface area is 156 Å². The van der Waals surface area contributed by atoms with Gasteiger partial charge in [0.2, 0.25) is 0 Å². The van der Waals surface area contributed by atoms with Crippen molar-refractivity contribution >= 4 is 17.4 Å². The molecule has 2 aromatic carbocycles. The highest BCUT2D eigenvalue weighted by atomic mass is 16.5. The highest BCUT2D eigenvalue weighted by Crippen LogP contribution is 2.29. The second-order valence-corrected chi connectivity index (χ2v) is 5.97. The number of ether oxygens (including phenoxy) is 1. The van der Waals surface area contributed by atoms with Gasteiger partial charge in [0.1, 0.15) is 5.56 Å². The first-order valence-electron chi connectivity index (χ1n) is 8.66. The van der Waals surface area contributed by atoms with Crippen LogP contribution in [0.25, 0.3) is 28.2 Å². The van der Waals surface area contributed by atoms with Crippen LogP contribution in [0.2, 0.25) is 0 Å². The van der Waals surface area contributed by atoms with E-state index in [0.717, 1.165) is 22.5 Å². The standard InChI is InChI=1S/C21H18N4O2/c1-2-27-21(26)18-19(22)24-25-17(15-11-7-4-8-12-15)13-16(23-20(18)25)14-9-5-3-6-10-14/h3-13H,2H2,1H3,(H2,22,24). The van der Waals surface area contributed by atoms with Crippen LogP contribution >= 0.6 is 0 Å². The molecule has 0 aliphatic carbocycles. The van der Waals surface area contributed by atoms with Gasteiger partial charge in [-0.3, -0.25) is 0 Å². The highest BCUT2D eigenvalue weighted by molar-refractivity contribution is 6.01. The van der Waals surface area contributed by atoms with E-state index in [1.165, 1.54) is 0 Å². The first kappa shape index (κ1) is 16.8. The Bertz CT molecular complexity index is 1110. The summed E-state index contributed by atoms with van der Waals surface area (Å²) < 4.78 is 6.75. The molecule has 27 heavy (non-hydrogen) atoms. The third-order valence-corrected chi connectivity index (χ3v) is 4.23. The number of esters is 1. The van der Waals surface area contributed by atoms with Crippen molar-refractivity contribution in [3.8, 4) is 22.5 Å². The van der Waals surface area contributed by atoms with Crippen molar-refractivity contribution in [3.05, 3.63) is 72.3 Å². The van der Waals surface area contributed by atoms with E-state index in [9.17, 15) is 4.79 Å². The van der Waals surface area contributed by atoms with Crippen LogP contribution < -0.4 is 5.73 Å². The largest absolute Gasteiger partial charge is 0.462 e. The van der Waals surface area contributed by atoms with Gasteiger partial charge in [0.15, 0.2) is 11.5 Å². The van der Waals surface area contributed by atoms with Crippen LogP contribution in [0.1, 0.15) is 17.3 Å². The maximum absolute atomic E-state index is 12.4. The van der Waals surface area contributed by atoms with Crippen molar-refractivity contribution in [2.45, 2.75) is 6.92 Å². The fourth-order valence-electron chi connectivity index (χ4n) is 3.00. The third kappa shape index (κ3) is 3.01. The van der Waals surface area contributed by atoms with Gasteiger partial charge < -0.3 is 10.5 Å². The molecular weight excluding hydrogens is 340 g/mol. The first-order chi connectivity index (χ1) is 13.2. The van der Waals surface area contributed by atoms with Crippen LogP contribution in [0.15, 0.2) is 66.7 Å². The molecular formula is C21H18N4O2. The van der Waals surface area contributed by atoms with Gasteiger partial charge in [0.05, 0.1) is 18.0 Å². The number of hydrogen-bond acceptors (Lipinski definition) is 5. The van der Waals surface area contributed by atoms with E-state index in [-0.39, 0.29) is 18.0 Å². The van der Waals surface area contributed by atoms with Crippen molar-refractivity contribution in [2.24, 2.45) is 0 Å². The van der Waals surface area contributed by atoms with E-state index in [0.29, 0.717) is 5.65 Å². The summed E-state index contributed by atoms with van der Waals surface area (Å²) in [6.07, 6.45) is 0. The molecule has 0 aliphatic rings. The highest BCUT2D eigenvalue weighted by Gasteiger charge is 2.23. The molecule has 0 unspecified atom stereocenters. The van der Waals surface area contributed by atoms with Gasteiger partial charge in [-0.2, -0.15) is 0 Å². The summed E-state index contributed by atoms with van der Waals surface area (Å²) in [5.41, 5.74) is 10.0. The van der Waals surface area contributed by atoms with Gasteiger partial charge in [0, 0.05) is 11.1 Å². The molecule has 6 nitrogen and oxygen atoms in total. The predicted molar refractivity (Wildman–Crippen MR) is 104 cm³/mol. The predicted octanol–water partition coefficient (Wildman–Crippen LogP) is 3.82. The number of fused-ring (bicyclic) bond motifs is 1. The average molecular weight is 358 g/mol. The summed E-state index contributed by atoms with van der Waals surface area (Å²) >= 11 is 0. The fraction of sp³-hybridized carbons (Fsp3) is 0.0952. The summed E-state index contributed by atoms with van der Waals surface area (Å²) in [7, 11) is 0. The van der Waals surface area contributed by atoms with E-state index in [1.807, 2.05) is 66.7 Å². The molecule has 6 heteroatoms. The van der Waals surface area contributed by atoms with Gasteiger partial charge in [-0.05, 0) is 13.0 Å². The Morgan fingerprint density at radius 2 is 1.67 bits per heavy atom. The topological polar surface area (TPSA) is 82.5 Å². The summed E-state index contributed by atoms with van der Waals surface area (Å²) in [5.74, 6) is -0.426. The van der Waals surface area contributed by atoms with E-state index in [4.69, 9.17) is 10.5 Å². The Morgan fingerprint density at radius 3 is 2.30 bits per heavy atom. The van der Waals surface area contributed by atoms with Gasteiger partial charge in [-0.25, -0.2) is 14.3 Å². The Morgan fingerprint density at radius 1 is 1.04 bits per heavy atom. The molecule has 0 fully saturated rings. The molecule has 4 aromatic rings. The maximum atomic E-state index is 12.4. The van der Waals surface area contributed by atoms with Crippen molar-refractivity contribution in [3.63, 3.8) is 0 Å². The van der Waals surface area contributed by atoms with E-state index in [1.54, 1.807) is 11.4 Å². The first-order valence-corrected chi connectivity index (χ1v) is 8.66. The fourth-order valence-corrected chi connectivity index (χ4v) is 3.00. The number of nitrogens with zero attached hydrogens (tertiary/aromatic N) is 3. The lowest BCUT2D eigenvalue weighted by molar-refractivity contribution is 0.0529. The van der Waals surface area contributed by atoms with Crippen LogP contribution in [-0.2, 0) is 4.74 Å². The van der Waals surface area contributed by atoms with Crippen LogP contribution in [0, 0.1) is 0 Å². The zero-order valence-corrected chi connectivity index (χ0v) is 14.8. The summed E-state index contributed by atoms with van der Waals surface area (Å²) in [5, 5.41) is 4.36. The SMILES string of the molecule is CCOC(=O)c1c(N)nn2c(-c3ccccc3)cc(-c3ccccc3)nc12. The minimum absolute atomic E-state index is 0.100. The lowest BCUT2D eigenvalue weighted by Gasteiger charge is -2.09. The molecule has 2 aromatic heterocycles. The number of anilines is 1. The summed E-state index contributed by atoms with van der Waals surface area (Å²) in [6.45, 7) is 2.00. The third-order valence-electron chi connectivity index (χ3n) is 4.23. The van der Waals surface area contributed by atoms with Gasteiger partial charge in [0.25, 0.3) is 0 Å². The van der Waals surface area contributed by atoms with E-state index < -0.39 is 5.97 Å². The van der Waals surface area contributed by atoms with Crippen LogP contribution in [0.4, 0.5) is 5.82 Å². The molecule has 0 amide bonds. The van der Waals surface area contributed by atoms with Crippen LogP contribution in [0.3, 0.4) is 0 Å². The second kappa shape index (κ2) is 6.92. The monoisotopic (exact) mass is 358 g/mol. The molecule has 0 radical (unpaired) electrons. The molecule has 0 saturated heterocycles. The minimum Gasteiger partial charge on any atom is -0.462 e. The lowest BCUT2D eigenvalue weighted by atomic mass is 10.1. The zero-order valence-electron chi connectivity index (χ0n) is 14.8. The number of hydrogen-bond donors (Lipinski definition) is 1. The molecule has 0 aliphatic heterocycles. The molecule has 0 atom stereocenters. The number of aromatic nitrogens is 3. The molecule has 0 spiro atoms. The van der Waals surface area contributed by atoms with Gasteiger partial charge >= 0.3 is 5.97 Å². The average Bonchev–Trinajstić information content (AvgIpc) is 3.04. The van der Waals surface area contributed by atoms with Crippen LogP contribution in [-0.4, -0.2) is 27.2 Å². The Balaban J connectivity index is 2.04. The Kier molecular flexibility index (Phi) is 4.30. The number of rotatable bonds is 4. The molecule has 4 rings (SSSR count). The molecule has 2 N–H and O–H groups in total.